The number of methoxy groups -OCH3 is 6. The van der Waals surface area contributed by atoms with Gasteiger partial charge in [-0.25, -0.2) is 9.59 Å². The molecule has 0 bridgehead atoms. The average molecular weight is 579 g/mol. The molecule has 0 aliphatic rings. The van der Waals surface area contributed by atoms with Crippen molar-refractivity contribution < 1.29 is 47.5 Å². The highest BCUT2D eigenvalue weighted by Crippen LogP contribution is 2.39. The van der Waals surface area contributed by atoms with Gasteiger partial charge in [-0.2, -0.15) is 0 Å². The van der Waals surface area contributed by atoms with Gasteiger partial charge in [0.05, 0.1) is 67.0 Å². The topological polar surface area (TPSA) is 132 Å². The Labute approximate surface area is 241 Å². The summed E-state index contributed by atoms with van der Waals surface area (Å²) >= 11 is 0. The molecule has 2 aromatic rings. The minimum absolute atomic E-state index is 0.287. The average Bonchev–Trinajstić information content (AvgIpc) is 3.01. The summed E-state index contributed by atoms with van der Waals surface area (Å²) in [7, 11) is 8.97. The third-order valence-corrected chi connectivity index (χ3v) is 5.97. The predicted molar refractivity (Wildman–Crippen MR) is 152 cm³/mol. The van der Waals surface area contributed by atoms with Gasteiger partial charge in [0.25, 0.3) is 0 Å². The lowest BCUT2D eigenvalue weighted by Gasteiger charge is -2.14. The van der Waals surface area contributed by atoms with Crippen LogP contribution in [-0.4, -0.2) is 94.0 Å². The molecule has 0 aliphatic carbocycles. The van der Waals surface area contributed by atoms with Crippen LogP contribution < -0.4 is 39.1 Å². The van der Waals surface area contributed by atoms with Gasteiger partial charge in [-0.3, -0.25) is 0 Å². The molecule has 0 aromatic heterocycles. The predicted octanol–water partition coefficient (Wildman–Crippen LogP) is 3.10. The Hall–Kier alpha value is -3.90. The molecule has 2 N–H and O–H groups in total. The number of esters is 2. The molecular formula is C29H42N2O10. The van der Waals surface area contributed by atoms with Crippen LogP contribution in [0, 0.1) is 0 Å². The first-order chi connectivity index (χ1) is 19.9. The number of carbonyl (C=O) groups is 2. The monoisotopic (exact) mass is 578 g/mol. The van der Waals surface area contributed by atoms with Crippen molar-refractivity contribution in [3.8, 4) is 34.5 Å². The zero-order valence-corrected chi connectivity index (χ0v) is 24.8. The summed E-state index contributed by atoms with van der Waals surface area (Å²) in [6.07, 6.45) is 2.29. The summed E-state index contributed by atoms with van der Waals surface area (Å²) in [6, 6.07) is 6.26. The van der Waals surface area contributed by atoms with E-state index < -0.39 is 11.9 Å². The fraction of sp³-hybridized carbons (Fsp3) is 0.517. The van der Waals surface area contributed by atoms with E-state index in [2.05, 4.69) is 10.6 Å². The normalized spacial score (nSPS) is 10.5. The Bertz CT molecular complexity index is 973. The van der Waals surface area contributed by atoms with Crippen molar-refractivity contribution in [1.29, 1.82) is 0 Å². The maximum atomic E-state index is 12.4. The van der Waals surface area contributed by atoms with E-state index >= 15 is 0 Å². The van der Waals surface area contributed by atoms with Crippen LogP contribution in [0.25, 0.3) is 0 Å². The van der Waals surface area contributed by atoms with Crippen LogP contribution in [0.15, 0.2) is 24.3 Å². The molecule has 12 heteroatoms. The summed E-state index contributed by atoms with van der Waals surface area (Å²) in [4.78, 5) is 24.8. The third-order valence-electron chi connectivity index (χ3n) is 5.97. The van der Waals surface area contributed by atoms with Gasteiger partial charge >= 0.3 is 11.9 Å². The molecular weight excluding hydrogens is 536 g/mol. The van der Waals surface area contributed by atoms with Crippen molar-refractivity contribution >= 4 is 11.9 Å². The molecule has 0 spiro atoms. The summed E-state index contributed by atoms with van der Waals surface area (Å²) < 4.78 is 42.4. The summed E-state index contributed by atoms with van der Waals surface area (Å²) in [5.41, 5.74) is 0.656. The number of benzene rings is 2. The van der Waals surface area contributed by atoms with Crippen LogP contribution in [0.2, 0.25) is 0 Å². The Kier molecular flexibility index (Phi) is 15.0. The lowest BCUT2D eigenvalue weighted by atomic mass is 10.2. The maximum absolute atomic E-state index is 12.4. The van der Waals surface area contributed by atoms with E-state index in [1.807, 2.05) is 0 Å². The second-order valence-corrected chi connectivity index (χ2v) is 8.66. The van der Waals surface area contributed by atoms with Gasteiger partial charge in [-0.1, -0.05) is 0 Å². The van der Waals surface area contributed by atoms with Gasteiger partial charge in [0.1, 0.15) is 0 Å². The summed E-state index contributed by atoms with van der Waals surface area (Å²) in [5.74, 6) is 1.50. The highest BCUT2D eigenvalue weighted by Gasteiger charge is 2.19. The molecule has 0 fully saturated rings. The van der Waals surface area contributed by atoms with E-state index in [4.69, 9.17) is 37.9 Å². The molecule has 12 nitrogen and oxygen atoms in total. The first-order valence-corrected chi connectivity index (χ1v) is 13.3. The van der Waals surface area contributed by atoms with Crippen molar-refractivity contribution in [2.24, 2.45) is 0 Å². The molecule has 0 heterocycles. The van der Waals surface area contributed by atoms with Crippen molar-refractivity contribution in [2.45, 2.75) is 19.3 Å². The molecule has 41 heavy (non-hydrogen) atoms. The minimum Gasteiger partial charge on any atom is -0.493 e. The maximum Gasteiger partial charge on any atom is 0.338 e. The smallest absolute Gasteiger partial charge is 0.338 e. The van der Waals surface area contributed by atoms with Gasteiger partial charge in [-0.15, -0.1) is 0 Å². The lowest BCUT2D eigenvalue weighted by molar-refractivity contribution is 0.0491. The molecule has 0 aliphatic heterocycles. The van der Waals surface area contributed by atoms with Crippen LogP contribution in [0.4, 0.5) is 0 Å². The van der Waals surface area contributed by atoms with Crippen molar-refractivity contribution in [2.75, 3.05) is 82.1 Å². The van der Waals surface area contributed by atoms with E-state index in [0.29, 0.717) is 58.5 Å². The van der Waals surface area contributed by atoms with Gasteiger partial charge in [0, 0.05) is 0 Å². The Morgan fingerprint density at radius 3 is 1.12 bits per heavy atom. The molecule has 2 aromatic carbocycles. The number of hydrogen-bond acceptors (Lipinski definition) is 12. The van der Waals surface area contributed by atoms with E-state index in [1.54, 1.807) is 24.3 Å². The van der Waals surface area contributed by atoms with Gasteiger partial charge in [-0.05, 0) is 69.7 Å². The van der Waals surface area contributed by atoms with Gasteiger partial charge < -0.3 is 48.5 Å². The molecule has 0 saturated carbocycles. The van der Waals surface area contributed by atoms with Crippen LogP contribution in [0.1, 0.15) is 40.0 Å². The molecule has 0 amide bonds. The van der Waals surface area contributed by atoms with Crippen LogP contribution >= 0.6 is 0 Å². The largest absolute Gasteiger partial charge is 0.493 e. The Morgan fingerprint density at radius 2 is 0.829 bits per heavy atom. The van der Waals surface area contributed by atoms with Crippen molar-refractivity contribution in [3.05, 3.63) is 35.4 Å². The standard InChI is InChI=1S/C29H42N2O10/c1-34-22-16-20(17-23(35-2)26(22)38-5)28(32)40-14-8-12-30-10-7-11-31-13-9-15-41-29(33)21-18-24(36-3)27(39-6)25(19-21)37-4/h16-19,30-31H,7-15H2,1-6H3. The number of nitrogens with one attached hydrogen (secondary N) is 2. The number of carbonyl (C=O) groups excluding carboxylic acids is 2. The summed E-state index contributed by atoms with van der Waals surface area (Å²) in [5, 5.41) is 6.65. The number of rotatable bonds is 20. The number of hydrogen-bond donors (Lipinski definition) is 2. The first-order valence-electron chi connectivity index (χ1n) is 13.3. The van der Waals surface area contributed by atoms with E-state index in [1.165, 1.54) is 42.7 Å². The fourth-order valence-electron chi connectivity index (χ4n) is 3.88. The first kappa shape index (κ1) is 33.3. The SMILES string of the molecule is COc1cc(C(=O)OCCCNCCCNCCCOC(=O)c2cc(OC)c(OC)c(OC)c2)cc(OC)c1OC. The van der Waals surface area contributed by atoms with E-state index in [9.17, 15) is 9.59 Å². The van der Waals surface area contributed by atoms with E-state index in [0.717, 1.165) is 32.6 Å². The van der Waals surface area contributed by atoms with Crippen molar-refractivity contribution in [3.63, 3.8) is 0 Å². The third kappa shape index (κ3) is 10.2. The second kappa shape index (κ2) is 18.4. The zero-order chi connectivity index (χ0) is 30.0. The highest BCUT2D eigenvalue weighted by atomic mass is 16.5. The number of ether oxygens (including phenoxy) is 8. The van der Waals surface area contributed by atoms with Crippen LogP contribution in [-0.2, 0) is 9.47 Å². The summed E-state index contributed by atoms with van der Waals surface area (Å²) in [6.45, 7) is 3.66. The zero-order valence-electron chi connectivity index (χ0n) is 24.8. The van der Waals surface area contributed by atoms with Crippen molar-refractivity contribution in [1.82, 2.24) is 10.6 Å². The lowest BCUT2D eigenvalue weighted by Crippen LogP contribution is -2.24. The van der Waals surface area contributed by atoms with Crippen LogP contribution in [0.3, 0.4) is 0 Å². The fourth-order valence-corrected chi connectivity index (χ4v) is 3.88. The van der Waals surface area contributed by atoms with Gasteiger partial charge in [0.15, 0.2) is 23.0 Å². The van der Waals surface area contributed by atoms with Gasteiger partial charge in [0.2, 0.25) is 11.5 Å². The van der Waals surface area contributed by atoms with Crippen LogP contribution in [0.5, 0.6) is 34.5 Å². The minimum atomic E-state index is -0.456. The molecule has 0 radical (unpaired) electrons. The Balaban J connectivity index is 1.54. The second-order valence-electron chi connectivity index (χ2n) is 8.66. The quantitative estimate of drug-likeness (QED) is 0.177. The Morgan fingerprint density at radius 1 is 0.512 bits per heavy atom. The van der Waals surface area contributed by atoms with E-state index in [-0.39, 0.29) is 13.2 Å². The molecule has 0 atom stereocenters. The highest BCUT2D eigenvalue weighted by molar-refractivity contribution is 5.91. The molecule has 0 saturated heterocycles. The molecule has 0 unspecified atom stereocenters. The molecule has 228 valence electrons. The molecule has 2 rings (SSSR count).